The number of hydrogen-bond donors (Lipinski definition) is 2. The van der Waals surface area contributed by atoms with Crippen LogP contribution in [0, 0.1) is 21.8 Å². The summed E-state index contributed by atoms with van der Waals surface area (Å²) >= 11 is 2.94. The molecule has 1 rings (SSSR count). The monoisotopic (exact) mass is 319 g/mol. The number of benzene rings is 1. The van der Waals surface area contributed by atoms with Gasteiger partial charge < -0.3 is 10.6 Å². The molecule has 0 saturated carbocycles. The first-order valence-electron chi connectivity index (χ1n) is 5.47. The van der Waals surface area contributed by atoms with E-state index in [1.807, 2.05) is 14.0 Å². The lowest BCUT2D eigenvalue weighted by Crippen LogP contribution is -2.23. The molecule has 7 heteroatoms. The Bertz CT molecular complexity index is 443. The molecular weight excluding hydrogens is 305 g/mol. The summed E-state index contributed by atoms with van der Waals surface area (Å²) in [6.45, 7) is 3.30. The van der Waals surface area contributed by atoms with E-state index in [0.717, 1.165) is 12.6 Å². The van der Waals surface area contributed by atoms with Crippen LogP contribution in [0.15, 0.2) is 16.6 Å². The number of hydrogen-bond acceptors (Lipinski definition) is 4. The maximum absolute atomic E-state index is 13.4. The van der Waals surface area contributed by atoms with Crippen LogP contribution in [0.5, 0.6) is 0 Å². The average molecular weight is 320 g/mol. The van der Waals surface area contributed by atoms with Gasteiger partial charge in [0.1, 0.15) is 11.5 Å². The molecule has 100 valence electrons. The van der Waals surface area contributed by atoms with Gasteiger partial charge in [-0.15, -0.1) is 0 Å². The van der Waals surface area contributed by atoms with E-state index in [2.05, 4.69) is 26.6 Å². The summed E-state index contributed by atoms with van der Waals surface area (Å²) in [5.74, 6) is -0.245. The fourth-order valence-electron chi connectivity index (χ4n) is 1.53. The molecule has 1 aromatic rings. The van der Waals surface area contributed by atoms with E-state index in [9.17, 15) is 14.5 Å². The number of rotatable bonds is 6. The number of nitro benzene ring substituents is 1. The lowest BCUT2D eigenvalue weighted by atomic mass is 10.1. The first kappa shape index (κ1) is 14.8. The fraction of sp³-hybridized carbons (Fsp3) is 0.455. The molecule has 0 aromatic heterocycles. The van der Waals surface area contributed by atoms with Crippen LogP contribution in [0.2, 0.25) is 0 Å². The van der Waals surface area contributed by atoms with Gasteiger partial charge in [-0.1, -0.05) is 6.92 Å². The van der Waals surface area contributed by atoms with Crippen molar-refractivity contribution in [3.8, 4) is 0 Å². The van der Waals surface area contributed by atoms with Gasteiger partial charge in [0.2, 0.25) is 0 Å². The van der Waals surface area contributed by atoms with Gasteiger partial charge in [-0.2, -0.15) is 0 Å². The molecule has 1 aromatic carbocycles. The van der Waals surface area contributed by atoms with Crippen LogP contribution >= 0.6 is 15.9 Å². The molecule has 0 saturated heterocycles. The van der Waals surface area contributed by atoms with Crippen LogP contribution in [0.4, 0.5) is 15.8 Å². The van der Waals surface area contributed by atoms with E-state index in [1.54, 1.807) is 0 Å². The van der Waals surface area contributed by atoms with Crippen LogP contribution in [0.1, 0.15) is 6.92 Å². The van der Waals surface area contributed by atoms with E-state index >= 15 is 0 Å². The zero-order valence-corrected chi connectivity index (χ0v) is 11.8. The van der Waals surface area contributed by atoms with Gasteiger partial charge in [-0.05, 0) is 35.4 Å². The van der Waals surface area contributed by atoms with E-state index in [4.69, 9.17) is 0 Å². The van der Waals surface area contributed by atoms with Crippen molar-refractivity contribution in [1.82, 2.24) is 5.32 Å². The minimum absolute atomic E-state index is 0.0861. The lowest BCUT2D eigenvalue weighted by Gasteiger charge is -2.13. The predicted molar refractivity (Wildman–Crippen MR) is 72.3 cm³/mol. The third-order valence-electron chi connectivity index (χ3n) is 2.43. The van der Waals surface area contributed by atoms with Gasteiger partial charge in [0.05, 0.1) is 9.40 Å². The van der Waals surface area contributed by atoms with Gasteiger partial charge in [-0.25, -0.2) is 4.39 Å². The van der Waals surface area contributed by atoms with Crippen molar-refractivity contribution in [2.45, 2.75) is 6.92 Å². The highest BCUT2D eigenvalue weighted by molar-refractivity contribution is 9.10. The molecule has 0 spiro atoms. The van der Waals surface area contributed by atoms with Gasteiger partial charge in [0, 0.05) is 18.7 Å². The summed E-state index contributed by atoms with van der Waals surface area (Å²) in [4.78, 5) is 10.3. The third kappa shape index (κ3) is 3.92. The molecular formula is C11H15BrFN3O2. The highest BCUT2D eigenvalue weighted by atomic mass is 79.9. The average Bonchev–Trinajstić information content (AvgIpc) is 2.30. The second-order valence-corrected chi connectivity index (χ2v) is 4.94. The summed E-state index contributed by atoms with van der Waals surface area (Å²) < 4.78 is 13.5. The van der Waals surface area contributed by atoms with E-state index in [-0.39, 0.29) is 21.8 Å². The van der Waals surface area contributed by atoms with Gasteiger partial charge in [0.25, 0.3) is 5.69 Å². The number of nitro groups is 1. The standard InChI is InChI=1S/C11H15BrFN3O2/c1-7(5-14-2)6-15-10-4-9(13)8(12)3-11(10)16(17)18/h3-4,7,14-15H,5-6H2,1-2H3. The van der Waals surface area contributed by atoms with Crippen LogP contribution in [-0.2, 0) is 0 Å². The zero-order valence-electron chi connectivity index (χ0n) is 10.2. The lowest BCUT2D eigenvalue weighted by molar-refractivity contribution is -0.384. The molecule has 0 fully saturated rings. The minimum atomic E-state index is -0.532. The van der Waals surface area contributed by atoms with Crippen LogP contribution < -0.4 is 10.6 Å². The largest absolute Gasteiger partial charge is 0.379 e. The normalized spacial score (nSPS) is 12.2. The maximum atomic E-state index is 13.4. The van der Waals surface area contributed by atoms with Gasteiger partial charge in [0.15, 0.2) is 0 Å². The summed E-state index contributed by atoms with van der Waals surface area (Å²) in [6.07, 6.45) is 0. The highest BCUT2D eigenvalue weighted by Crippen LogP contribution is 2.30. The number of halogens is 2. The topological polar surface area (TPSA) is 67.2 Å². The smallest absolute Gasteiger partial charge is 0.293 e. The van der Waals surface area contributed by atoms with Crippen LogP contribution in [0.3, 0.4) is 0 Å². The highest BCUT2D eigenvalue weighted by Gasteiger charge is 2.17. The second-order valence-electron chi connectivity index (χ2n) is 4.08. The Kier molecular flexibility index (Phi) is 5.49. The molecule has 2 N–H and O–H groups in total. The quantitative estimate of drug-likeness (QED) is 0.625. The Morgan fingerprint density at radius 2 is 2.17 bits per heavy atom. The summed E-state index contributed by atoms with van der Waals surface area (Å²) in [7, 11) is 1.83. The molecule has 1 atom stereocenters. The Balaban J connectivity index is 2.86. The van der Waals surface area contributed by atoms with Crippen molar-refractivity contribution >= 4 is 27.3 Å². The molecule has 0 aliphatic rings. The number of nitrogens with zero attached hydrogens (tertiary/aromatic N) is 1. The third-order valence-corrected chi connectivity index (χ3v) is 3.04. The minimum Gasteiger partial charge on any atom is -0.379 e. The Morgan fingerprint density at radius 3 is 2.72 bits per heavy atom. The van der Waals surface area contributed by atoms with Gasteiger partial charge in [-0.3, -0.25) is 10.1 Å². The van der Waals surface area contributed by atoms with Crippen molar-refractivity contribution in [1.29, 1.82) is 0 Å². The van der Waals surface area contributed by atoms with Gasteiger partial charge >= 0.3 is 0 Å². The zero-order chi connectivity index (χ0) is 13.7. The van der Waals surface area contributed by atoms with Crippen LogP contribution in [-0.4, -0.2) is 25.1 Å². The molecule has 1 unspecified atom stereocenters. The number of anilines is 1. The molecule has 0 aliphatic carbocycles. The molecule has 5 nitrogen and oxygen atoms in total. The fourth-order valence-corrected chi connectivity index (χ4v) is 1.87. The molecule has 0 aliphatic heterocycles. The first-order chi connectivity index (χ1) is 8.45. The van der Waals surface area contributed by atoms with Crippen molar-refractivity contribution in [2.75, 3.05) is 25.5 Å². The first-order valence-corrected chi connectivity index (χ1v) is 6.27. The van der Waals surface area contributed by atoms with Crippen molar-refractivity contribution in [3.05, 3.63) is 32.5 Å². The molecule has 0 bridgehead atoms. The van der Waals surface area contributed by atoms with Crippen LogP contribution in [0.25, 0.3) is 0 Å². The second kappa shape index (κ2) is 6.65. The SMILES string of the molecule is CNCC(C)CNc1cc(F)c(Br)cc1[N+](=O)[O-]. The molecule has 0 heterocycles. The predicted octanol–water partition coefficient (Wildman–Crippen LogP) is 2.76. The van der Waals surface area contributed by atoms with E-state index in [1.165, 1.54) is 6.07 Å². The van der Waals surface area contributed by atoms with E-state index < -0.39 is 10.7 Å². The summed E-state index contributed by atoms with van der Waals surface area (Å²) in [5.41, 5.74) is 0.0589. The van der Waals surface area contributed by atoms with Crippen molar-refractivity contribution in [3.63, 3.8) is 0 Å². The number of nitrogens with one attached hydrogen (secondary N) is 2. The Hall–Kier alpha value is -1.21. The molecule has 18 heavy (non-hydrogen) atoms. The Morgan fingerprint density at radius 1 is 1.50 bits per heavy atom. The van der Waals surface area contributed by atoms with Crippen molar-refractivity contribution in [2.24, 2.45) is 5.92 Å². The molecule has 0 amide bonds. The summed E-state index contributed by atoms with van der Waals surface area (Å²) in [6, 6.07) is 2.30. The summed E-state index contributed by atoms with van der Waals surface area (Å²) in [5, 5.41) is 16.8. The Labute approximate surface area is 113 Å². The maximum Gasteiger partial charge on any atom is 0.293 e. The van der Waals surface area contributed by atoms with E-state index in [0.29, 0.717) is 6.54 Å². The molecule has 0 radical (unpaired) electrons. The van der Waals surface area contributed by atoms with Crippen molar-refractivity contribution < 1.29 is 9.31 Å².